The van der Waals surface area contributed by atoms with Crippen molar-refractivity contribution in [1.82, 2.24) is 0 Å². The maximum atomic E-state index is 12.9. The van der Waals surface area contributed by atoms with Crippen molar-refractivity contribution >= 4 is 29.4 Å². The Morgan fingerprint density at radius 1 is 0.969 bits per heavy atom. The van der Waals surface area contributed by atoms with Gasteiger partial charge in [0.15, 0.2) is 0 Å². The van der Waals surface area contributed by atoms with Crippen LogP contribution in [-0.4, -0.2) is 30.4 Å². The van der Waals surface area contributed by atoms with Crippen molar-refractivity contribution in [2.24, 2.45) is 11.8 Å². The fraction of sp³-hybridized carbons (Fsp3) is 0.360. The van der Waals surface area contributed by atoms with E-state index in [2.05, 4.69) is 0 Å². The molecule has 1 aliphatic heterocycles. The van der Waals surface area contributed by atoms with E-state index in [1.54, 1.807) is 49.4 Å². The van der Waals surface area contributed by atoms with Gasteiger partial charge in [-0.15, -0.1) is 0 Å². The number of anilines is 1. The standard InChI is InChI=1S/C25H25NO6/c1-2-31-25(30)21(16-9-4-3-5-10-16)32-24(29)17-11-8-12-18(15-17)26-22(27)19-13-6-7-14-20(19)23(26)28/h3-5,8-12,15,19-21H,2,6-7,13-14H2,1H3/t19-,20-,21+/m0/s1. The molecule has 7 nitrogen and oxygen atoms in total. The van der Waals surface area contributed by atoms with E-state index in [1.165, 1.54) is 17.0 Å². The molecule has 2 fully saturated rings. The van der Waals surface area contributed by atoms with Gasteiger partial charge in [0.05, 0.1) is 29.7 Å². The van der Waals surface area contributed by atoms with E-state index in [9.17, 15) is 19.2 Å². The van der Waals surface area contributed by atoms with Crippen LogP contribution in [0.4, 0.5) is 5.69 Å². The minimum Gasteiger partial charge on any atom is -0.463 e. The van der Waals surface area contributed by atoms with Crippen molar-refractivity contribution in [3.63, 3.8) is 0 Å². The van der Waals surface area contributed by atoms with Crippen molar-refractivity contribution in [1.29, 1.82) is 0 Å². The molecule has 0 unspecified atom stereocenters. The number of hydrogen-bond donors (Lipinski definition) is 0. The number of nitrogens with zero attached hydrogens (tertiary/aromatic N) is 1. The van der Waals surface area contributed by atoms with E-state index in [4.69, 9.17) is 9.47 Å². The van der Waals surface area contributed by atoms with Gasteiger partial charge in [0.2, 0.25) is 17.9 Å². The molecule has 0 radical (unpaired) electrons. The van der Waals surface area contributed by atoms with Crippen LogP contribution < -0.4 is 4.90 Å². The predicted octanol–water partition coefficient (Wildman–Crippen LogP) is 3.83. The summed E-state index contributed by atoms with van der Waals surface area (Å²) in [5, 5.41) is 0. The number of carbonyl (C=O) groups excluding carboxylic acids is 4. The lowest BCUT2D eigenvalue weighted by Crippen LogP contribution is -2.31. The van der Waals surface area contributed by atoms with Gasteiger partial charge >= 0.3 is 11.9 Å². The highest BCUT2D eigenvalue weighted by molar-refractivity contribution is 6.22. The predicted molar refractivity (Wildman–Crippen MR) is 116 cm³/mol. The molecule has 0 N–H and O–H groups in total. The zero-order valence-corrected chi connectivity index (χ0v) is 17.9. The van der Waals surface area contributed by atoms with Crippen LogP contribution in [0.1, 0.15) is 54.6 Å². The number of ether oxygens (including phenoxy) is 2. The van der Waals surface area contributed by atoms with Gasteiger partial charge in [0, 0.05) is 5.56 Å². The number of fused-ring (bicyclic) bond motifs is 1. The fourth-order valence-electron chi connectivity index (χ4n) is 4.46. The molecule has 3 atom stereocenters. The lowest BCUT2D eigenvalue weighted by atomic mass is 9.81. The fourth-order valence-corrected chi connectivity index (χ4v) is 4.46. The summed E-state index contributed by atoms with van der Waals surface area (Å²) in [5.41, 5.74) is 0.976. The van der Waals surface area contributed by atoms with Crippen molar-refractivity contribution < 1.29 is 28.7 Å². The third-order valence-electron chi connectivity index (χ3n) is 6.01. The lowest BCUT2D eigenvalue weighted by Gasteiger charge is -2.19. The Morgan fingerprint density at radius 2 is 1.62 bits per heavy atom. The number of hydrogen-bond acceptors (Lipinski definition) is 6. The molecule has 1 heterocycles. The normalized spacial score (nSPS) is 21.1. The Hall–Kier alpha value is -3.48. The summed E-state index contributed by atoms with van der Waals surface area (Å²) in [5.74, 6) is -2.39. The highest BCUT2D eigenvalue weighted by Gasteiger charge is 2.48. The Bertz CT molecular complexity index is 1010. The van der Waals surface area contributed by atoms with Gasteiger partial charge in [-0.2, -0.15) is 0 Å². The monoisotopic (exact) mass is 435 g/mol. The van der Waals surface area contributed by atoms with Gasteiger partial charge in [-0.3, -0.25) is 14.5 Å². The van der Waals surface area contributed by atoms with Crippen LogP contribution in [0.5, 0.6) is 0 Å². The number of imide groups is 1. The van der Waals surface area contributed by atoms with E-state index in [1.807, 2.05) is 0 Å². The van der Waals surface area contributed by atoms with Gasteiger partial charge in [-0.1, -0.05) is 49.2 Å². The molecule has 0 bridgehead atoms. The first kappa shape index (κ1) is 21.7. The first-order valence-corrected chi connectivity index (χ1v) is 10.9. The quantitative estimate of drug-likeness (QED) is 0.506. The summed E-state index contributed by atoms with van der Waals surface area (Å²) in [7, 11) is 0. The summed E-state index contributed by atoms with van der Waals surface area (Å²) in [6, 6.07) is 14.8. The van der Waals surface area contributed by atoms with Gasteiger partial charge in [-0.25, -0.2) is 9.59 Å². The van der Waals surface area contributed by atoms with Gasteiger partial charge in [0.1, 0.15) is 0 Å². The van der Waals surface area contributed by atoms with E-state index >= 15 is 0 Å². The van der Waals surface area contributed by atoms with Gasteiger partial charge in [0.25, 0.3) is 0 Å². The minimum atomic E-state index is -1.22. The second-order valence-corrected chi connectivity index (χ2v) is 8.01. The summed E-state index contributed by atoms with van der Waals surface area (Å²) in [6.07, 6.45) is 2.09. The van der Waals surface area contributed by atoms with Gasteiger partial charge < -0.3 is 9.47 Å². The van der Waals surface area contributed by atoms with Crippen LogP contribution in [-0.2, 0) is 23.9 Å². The largest absolute Gasteiger partial charge is 0.463 e. The van der Waals surface area contributed by atoms with Crippen molar-refractivity contribution in [2.75, 3.05) is 11.5 Å². The first-order chi connectivity index (χ1) is 15.5. The Morgan fingerprint density at radius 3 is 2.25 bits per heavy atom. The summed E-state index contributed by atoms with van der Waals surface area (Å²) in [4.78, 5) is 52.3. The Kier molecular flexibility index (Phi) is 6.35. The molecule has 0 aromatic heterocycles. The molecule has 1 saturated heterocycles. The number of benzene rings is 2. The Labute approximate surface area is 186 Å². The minimum absolute atomic E-state index is 0.142. The van der Waals surface area contributed by atoms with Crippen LogP contribution >= 0.6 is 0 Å². The maximum absolute atomic E-state index is 12.9. The third kappa shape index (κ3) is 4.15. The molecule has 0 spiro atoms. The van der Waals surface area contributed by atoms with Crippen LogP contribution in [0.3, 0.4) is 0 Å². The van der Waals surface area contributed by atoms with Crippen LogP contribution in [0.2, 0.25) is 0 Å². The molecule has 7 heteroatoms. The number of amides is 2. The first-order valence-electron chi connectivity index (χ1n) is 10.9. The SMILES string of the molecule is CCOC(=O)[C@H](OC(=O)c1cccc(N2C(=O)[C@H]3CCCC[C@@H]3C2=O)c1)c1ccccc1. The van der Waals surface area contributed by atoms with Crippen molar-refractivity contribution in [3.05, 3.63) is 65.7 Å². The molecule has 2 amide bonds. The molecular formula is C25H25NO6. The molecule has 1 saturated carbocycles. The van der Waals surface area contributed by atoms with E-state index < -0.39 is 18.0 Å². The number of esters is 2. The molecule has 166 valence electrons. The molecule has 1 aliphatic carbocycles. The Balaban J connectivity index is 1.57. The lowest BCUT2D eigenvalue weighted by molar-refractivity contribution is -0.153. The highest BCUT2D eigenvalue weighted by Crippen LogP contribution is 2.40. The maximum Gasteiger partial charge on any atom is 0.352 e. The van der Waals surface area contributed by atoms with E-state index in [-0.39, 0.29) is 35.8 Å². The number of rotatable bonds is 6. The molecule has 2 aliphatic rings. The molecule has 2 aromatic rings. The van der Waals surface area contributed by atoms with Gasteiger partial charge in [-0.05, 0) is 38.0 Å². The third-order valence-corrected chi connectivity index (χ3v) is 6.01. The van der Waals surface area contributed by atoms with E-state index in [0.29, 0.717) is 24.1 Å². The second-order valence-electron chi connectivity index (χ2n) is 8.01. The average molecular weight is 435 g/mol. The summed E-state index contributed by atoms with van der Waals surface area (Å²) >= 11 is 0. The van der Waals surface area contributed by atoms with Crippen LogP contribution in [0, 0.1) is 11.8 Å². The summed E-state index contributed by atoms with van der Waals surface area (Å²) < 4.78 is 10.6. The molecule has 32 heavy (non-hydrogen) atoms. The topological polar surface area (TPSA) is 90.0 Å². The highest BCUT2D eigenvalue weighted by atomic mass is 16.6. The average Bonchev–Trinajstić information content (AvgIpc) is 3.08. The van der Waals surface area contributed by atoms with E-state index in [0.717, 1.165) is 12.8 Å². The number of carbonyl (C=O) groups is 4. The zero-order valence-electron chi connectivity index (χ0n) is 17.9. The van der Waals surface area contributed by atoms with Crippen LogP contribution in [0.15, 0.2) is 54.6 Å². The van der Waals surface area contributed by atoms with Crippen molar-refractivity contribution in [3.8, 4) is 0 Å². The summed E-state index contributed by atoms with van der Waals surface area (Å²) in [6.45, 7) is 1.82. The molecule has 2 aromatic carbocycles. The zero-order chi connectivity index (χ0) is 22.7. The van der Waals surface area contributed by atoms with Crippen molar-refractivity contribution in [2.45, 2.75) is 38.7 Å². The molecular weight excluding hydrogens is 410 g/mol. The smallest absolute Gasteiger partial charge is 0.352 e. The van der Waals surface area contributed by atoms with Crippen LogP contribution in [0.25, 0.3) is 0 Å². The second kappa shape index (κ2) is 9.34. The molecule has 4 rings (SSSR count).